The number of aryl methyl sites for hydroxylation is 1. The minimum atomic E-state index is -0.595. The third-order valence-corrected chi connectivity index (χ3v) is 3.27. The van der Waals surface area contributed by atoms with Crippen molar-refractivity contribution < 1.29 is 8.78 Å². The highest BCUT2D eigenvalue weighted by molar-refractivity contribution is 9.10. The van der Waals surface area contributed by atoms with Gasteiger partial charge in [0, 0.05) is 17.0 Å². The van der Waals surface area contributed by atoms with Crippen LogP contribution in [-0.2, 0) is 0 Å². The van der Waals surface area contributed by atoms with Gasteiger partial charge in [-0.2, -0.15) is 0 Å². The summed E-state index contributed by atoms with van der Waals surface area (Å²) in [7, 11) is 0. The Balaban J connectivity index is 2.31. The van der Waals surface area contributed by atoms with Gasteiger partial charge in [0.1, 0.15) is 27.1 Å². The molecule has 0 radical (unpaired) electrons. The molecular formula is C11H7BrF2N2S. The Hall–Kier alpha value is -1.01. The van der Waals surface area contributed by atoms with Crippen LogP contribution < -0.4 is 0 Å². The second-order valence-corrected chi connectivity index (χ2v) is 5.13. The van der Waals surface area contributed by atoms with Gasteiger partial charge in [-0.3, -0.25) is 0 Å². The lowest BCUT2D eigenvalue weighted by atomic mass is 10.3. The Morgan fingerprint density at radius 3 is 2.59 bits per heavy atom. The van der Waals surface area contributed by atoms with Crippen LogP contribution in [0.5, 0.6) is 0 Å². The molecule has 0 aliphatic rings. The highest BCUT2D eigenvalue weighted by atomic mass is 79.9. The summed E-state index contributed by atoms with van der Waals surface area (Å²) in [5.41, 5.74) is 0. The molecule has 0 spiro atoms. The molecule has 17 heavy (non-hydrogen) atoms. The summed E-state index contributed by atoms with van der Waals surface area (Å²) in [6, 6.07) is 5.14. The maximum absolute atomic E-state index is 13.4. The molecule has 88 valence electrons. The van der Waals surface area contributed by atoms with Gasteiger partial charge in [-0.1, -0.05) is 11.8 Å². The number of aromatic nitrogens is 2. The second-order valence-electron chi connectivity index (χ2n) is 3.25. The van der Waals surface area contributed by atoms with Crippen molar-refractivity contribution in [2.75, 3.05) is 0 Å². The van der Waals surface area contributed by atoms with E-state index in [0.717, 1.165) is 17.8 Å². The van der Waals surface area contributed by atoms with E-state index in [4.69, 9.17) is 0 Å². The van der Waals surface area contributed by atoms with E-state index in [1.165, 1.54) is 12.1 Å². The molecule has 1 heterocycles. The largest absolute Gasteiger partial charge is 0.226 e. The van der Waals surface area contributed by atoms with E-state index in [2.05, 4.69) is 25.9 Å². The van der Waals surface area contributed by atoms with Crippen molar-refractivity contribution in [2.45, 2.75) is 16.8 Å². The van der Waals surface area contributed by atoms with Gasteiger partial charge in [0.25, 0.3) is 0 Å². The Morgan fingerprint density at radius 2 is 1.94 bits per heavy atom. The molecule has 0 saturated carbocycles. The molecule has 0 N–H and O–H groups in total. The first-order valence-electron chi connectivity index (χ1n) is 4.69. The molecule has 0 saturated heterocycles. The van der Waals surface area contributed by atoms with Crippen LogP contribution in [0.4, 0.5) is 8.78 Å². The fraction of sp³-hybridized carbons (Fsp3) is 0.0909. The van der Waals surface area contributed by atoms with Crippen LogP contribution in [0.2, 0.25) is 0 Å². The van der Waals surface area contributed by atoms with Crippen molar-refractivity contribution in [3.05, 3.63) is 46.3 Å². The average Bonchev–Trinajstić information content (AvgIpc) is 2.21. The normalized spacial score (nSPS) is 10.6. The molecule has 0 aliphatic carbocycles. The van der Waals surface area contributed by atoms with Crippen molar-refractivity contribution in [1.29, 1.82) is 0 Å². The molecule has 0 amide bonds. The highest BCUT2D eigenvalue weighted by Gasteiger charge is 2.08. The van der Waals surface area contributed by atoms with E-state index < -0.39 is 11.6 Å². The number of halogens is 3. The molecule has 0 aliphatic heterocycles. The van der Waals surface area contributed by atoms with Gasteiger partial charge in [-0.15, -0.1) is 0 Å². The van der Waals surface area contributed by atoms with Crippen LogP contribution in [0.1, 0.15) is 5.82 Å². The summed E-state index contributed by atoms with van der Waals surface area (Å²) < 4.78 is 26.8. The molecule has 6 heteroatoms. The quantitative estimate of drug-likeness (QED) is 0.784. The van der Waals surface area contributed by atoms with E-state index >= 15 is 0 Å². The van der Waals surface area contributed by atoms with Crippen molar-refractivity contribution in [3.8, 4) is 0 Å². The minimum Gasteiger partial charge on any atom is -0.226 e. The smallest absolute Gasteiger partial charge is 0.140 e. The van der Waals surface area contributed by atoms with E-state index in [1.807, 2.05) is 0 Å². The average molecular weight is 317 g/mol. The molecule has 2 nitrogen and oxygen atoms in total. The second kappa shape index (κ2) is 5.10. The van der Waals surface area contributed by atoms with Gasteiger partial charge in [0.05, 0.1) is 0 Å². The number of nitrogens with zero attached hydrogens (tertiary/aromatic N) is 2. The lowest BCUT2D eigenvalue weighted by molar-refractivity contribution is 0.565. The third-order valence-electron chi connectivity index (χ3n) is 1.89. The number of benzene rings is 1. The summed E-state index contributed by atoms with van der Waals surface area (Å²) in [5.74, 6) is -0.598. The van der Waals surface area contributed by atoms with Crippen LogP contribution >= 0.6 is 27.7 Å². The summed E-state index contributed by atoms with van der Waals surface area (Å²) in [6.45, 7) is 1.75. The van der Waals surface area contributed by atoms with Gasteiger partial charge >= 0.3 is 0 Å². The van der Waals surface area contributed by atoms with Crippen LogP contribution in [0.25, 0.3) is 0 Å². The van der Waals surface area contributed by atoms with Crippen molar-refractivity contribution in [3.63, 3.8) is 0 Å². The summed E-state index contributed by atoms with van der Waals surface area (Å²) in [6.07, 6.45) is 0. The fourth-order valence-corrected chi connectivity index (χ4v) is 2.72. The SMILES string of the molecule is Cc1nc(Br)cc(Sc2ccc(F)cc2F)n1. The van der Waals surface area contributed by atoms with E-state index in [0.29, 0.717) is 20.3 Å². The Labute approximate surface area is 110 Å². The molecule has 2 aromatic rings. The van der Waals surface area contributed by atoms with Crippen molar-refractivity contribution in [1.82, 2.24) is 9.97 Å². The first-order chi connectivity index (χ1) is 8.04. The van der Waals surface area contributed by atoms with E-state index in [1.54, 1.807) is 13.0 Å². The van der Waals surface area contributed by atoms with Crippen LogP contribution in [0.3, 0.4) is 0 Å². The maximum Gasteiger partial charge on any atom is 0.140 e. The monoisotopic (exact) mass is 316 g/mol. The van der Waals surface area contributed by atoms with E-state index in [-0.39, 0.29) is 0 Å². The van der Waals surface area contributed by atoms with Gasteiger partial charge in [0.15, 0.2) is 0 Å². The number of rotatable bonds is 2. The fourth-order valence-electron chi connectivity index (χ4n) is 1.23. The van der Waals surface area contributed by atoms with Crippen LogP contribution in [0.15, 0.2) is 38.8 Å². The third kappa shape index (κ3) is 3.23. The number of hydrogen-bond acceptors (Lipinski definition) is 3. The maximum atomic E-state index is 13.4. The number of hydrogen-bond donors (Lipinski definition) is 0. The molecule has 0 fully saturated rings. The first kappa shape index (κ1) is 12.4. The topological polar surface area (TPSA) is 25.8 Å². The summed E-state index contributed by atoms with van der Waals surface area (Å²) in [4.78, 5) is 8.54. The lowest BCUT2D eigenvalue weighted by Crippen LogP contribution is -1.91. The minimum absolute atomic E-state index is 0.330. The Morgan fingerprint density at radius 1 is 1.18 bits per heavy atom. The molecule has 1 aromatic heterocycles. The molecule has 0 unspecified atom stereocenters. The lowest BCUT2D eigenvalue weighted by Gasteiger charge is -2.03. The predicted molar refractivity (Wildman–Crippen MR) is 65.0 cm³/mol. The van der Waals surface area contributed by atoms with Crippen LogP contribution in [-0.4, -0.2) is 9.97 Å². The van der Waals surface area contributed by atoms with Gasteiger partial charge in [-0.25, -0.2) is 18.7 Å². The highest BCUT2D eigenvalue weighted by Crippen LogP contribution is 2.29. The van der Waals surface area contributed by atoms with Crippen LogP contribution in [0, 0.1) is 18.6 Å². The summed E-state index contributed by atoms with van der Waals surface area (Å²) >= 11 is 4.37. The molecule has 0 bridgehead atoms. The first-order valence-corrected chi connectivity index (χ1v) is 6.29. The molecule has 1 aromatic carbocycles. The molecular weight excluding hydrogens is 310 g/mol. The van der Waals surface area contributed by atoms with Crippen molar-refractivity contribution >= 4 is 27.7 Å². The zero-order valence-corrected chi connectivity index (χ0v) is 11.1. The predicted octanol–water partition coefficient (Wildman–Crippen LogP) is 3.98. The summed E-state index contributed by atoms with van der Waals surface area (Å²) in [5, 5.41) is 0.606. The van der Waals surface area contributed by atoms with E-state index in [9.17, 15) is 8.78 Å². The van der Waals surface area contributed by atoms with Gasteiger partial charge < -0.3 is 0 Å². The molecule has 0 atom stereocenters. The standard InChI is InChI=1S/C11H7BrF2N2S/c1-6-15-10(12)5-11(16-6)17-9-3-2-7(13)4-8(9)14/h2-5H,1H3. The van der Waals surface area contributed by atoms with Gasteiger partial charge in [0.2, 0.25) is 0 Å². The van der Waals surface area contributed by atoms with Gasteiger partial charge in [-0.05, 0) is 35.0 Å². The zero-order valence-electron chi connectivity index (χ0n) is 8.75. The van der Waals surface area contributed by atoms with Crippen molar-refractivity contribution in [2.24, 2.45) is 0 Å². The Bertz CT molecular complexity index is 543. The Kier molecular flexibility index (Phi) is 3.73. The zero-order chi connectivity index (χ0) is 12.4. The molecule has 2 rings (SSSR count).